The van der Waals surface area contributed by atoms with Gasteiger partial charge in [0, 0.05) is 54.4 Å². The van der Waals surface area contributed by atoms with E-state index in [1.165, 1.54) is 0 Å². The van der Waals surface area contributed by atoms with E-state index in [9.17, 15) is 9.59 Å². The third kappa shape index (κ3) is 4.56. The molecule has 0 aliphatic carbocycles. The molecular weight excluding hydrogens is 478 g/mol. The number of para-hydroxylation sites is 1. The van der Waals surface area contributed by atoms with Crippen LogP contribution in [0, 0.1) is 13.8 Å². The first-order valence-corrected chi connectivity index (χ1v) is 12.4. The molecular formula is C30H29N5O3. The molecule has 38 heavy (non-hydrogen) atoms. The highest BCUT2D eigenvalue weighted by molar-refractivity contribution is 5.99. The lowest BCUT2D eigenvalue weighted by atomic mass is 9.98. The van der Waals surface area contributed by atoms with E-state index >= 15 is 0 Å². The largest absolute Gasteiger partial charge is 0.455 e. The standard InChI is InChI=1S/C30H29N5O3/c1-17-12-23(19(3)34-26-9-7-6-8-22(26)30(37)31-4)29-24(13-17)27(36)18(2)28(38-29)20-10-11-25(32-14-20)21-15-33-35(5)16-21/h6-16,19,34H,1-5H3,(H,31,37)/t19-/m1/s1. The number of aryl methyl sites for hydroxylation is 2. The molecule has 8 nitrogen and oxygen atoms in total. The van der Waals surface area contributed by atoms with Crippen LogP contribution in [0.4, 0.5) is 5.69 Å². The number of aromatic nitrogens is 3. The van der Waals surface area contributed by atoms with Gasteiger partial charge in [0.25, 0.3) is 5.91 Å². The highest BCUT2D eigenvalue weighted by Crippen LogP contribution is 2.33. The molecule has 192 valence electrons. The summed E-state index contributed by atoms with van der Waals surface area (Å²) < 4.78 is 8.20. The second kappa shape index (κ2) is 9.97. The number of pyridine rings is 1. The normalized spacial score (nSPS) is 11.9. The molecule has 0 bridgehead atoms. The minimum atomic E-state index is -0.256. The number of benzene rings is 2. The van der Waals surface area contributed by atoms with Gasteiger partial charge >= 0.3 is 0 Å². The van der Waals surface area contributed by atoms with Crippen LogP contribution in [-0.2, 0) is 7.05 Å². The van der Waals surface area contributed by atoms with Crippen LogP contribution in [0.15, 0.2) is 76.3 Å². The number of hydrogen-bond acceptors (Lipinski definition) is 6. The zero-order valence-corrected chi connectivity index (χ0v) is 22.0. The fraction of sp³-hybridized carbons (Fsp3) is 0.200. The van der Waals surface area contributed by atoms with Crippen molar-refractivity contribution in [3.63, 3.8) is 0 Å². The molecule has 0 fully saturated rings. The first-order chi connectivity index (χ1) is 18.3. The van der Waals surface area contributed by atoms with Crippen molar-refractivity contribution in [1.29, 1.82) is 0 Å². The first kappa shape index (κ1) is 25.0. The zero-order chi connectivity index (χ0) is 27.0. The molecule has 8 heteroatoms. The molecule has 0 radical (unpaired) electrons. The van der Waals surface area contributed by atoms with Crippen molar-refractivity contribution in [3.8, 4) is 22.6 Å². The van der Waals surface area contributed by atoms with Gasteiger partial charge in [-0.3, -0.25) is 19.3 Å². The van der Waals surface area contributed by atoms with Crippen LogP contribution in [0.25, 0.3) is 33.6 Å². The molecule has 0 aliphatic rings. The first-order valence-electron chi connectivity index (χ1n) is 12.4. The van der Waals surface area contributed by atoms with E-state index < -0.39 is 0 Å². The van der Waals surface area contributed by atoms with Gasteiger partial charge in [-0.25, -0.2) is 0 Å². The number of anilines is 1. The predicted octanol–water partition coefficient (Wildman–Crippen LogP) is 5.41. The van der Waals surface area contributed by atoms with E-state index in [1.807, 2.05) is 69.6 Å². The average Bonchev–Trinajstić information content (AvgIpc) is 3.36. The van der Waals surface area contributed by atoms with Crippen LogP contribution in [0.3, 0.4) is 0 Å². The van der Waals surface area contributed by atoms with E-state index in [4.69, 9.17) is 4.42 Å². The Morgan fingerprint density at radius 3 is 2.53 bits per heavy atom. The molecule has 5 rings (SSSR count). The van der Waals surface area contributed by atoms with E-state index in [1.54, 1.807) is 37.1 Å². The molecule has 0 aliphatic heterocycles. The maximum Gasteiger partial charge on any atom is 0.253 e. The van der Waals surface area contributed by atoms with Crippen molar-refractivity contribution in [1.82, 2.24) is 20.1 Å². The molecule has 5 aromatic rings. The Balaban J connectivity index is 1.59. The van der Waals surface area contributed by atoms with Gasteiger partial charge in [-0.15, -0.1) is 0 Å². The Bertz CT molecular complexity index is 1720. The molecule has 2 aromatic carbocycles. The second-order valence-electron chi connectivity index (χ2n) is 9.44. The average molecular weight is 508 g/mol. The van der Waals surface area contributed by atoms with Crippen LogP contribution in [0.1, 0.15) is 40.0 Å². The van der Waals surface area contributed by atoms with Crippen LogP contribution in [-0.4, -0.2) is 27.7 Å². The molecule has 0 unspecified atom stereocenters. The lowest BCUT2D eigenvalue weighted by Crippen LogP contribution is -2.20. The van der Waals surface area contributed by atoms with Crippen molar-refractivity contribution in [2.75, 3.05) is 12.4 Å². The summed E-state index contributed by atoms with van der Waals surface area (Å²) in [4.78, 5) is 30.5. The summed E-state index contributed by atoms with van der Waals surface area (Å²) in [5.41, 5.74) is 6.36. The van der Waals surface area contributed by atoms with E-state index in [2.05, 4.69) is 20.7 Å². The SMILES string of the molecule is CNC(=O)c1ccccc1N[C@H](C)c1cc(C)cc2c(=O)c(C)c(-c3ccc(-c4cnn(C)c4)nc3)oc12. The van der Waals surface area contributed by atoms with Crippen LogP contribution in [0.5, 0.6) is 0 Å². The molecule has 0 spiro atoms. The van der Waals surface area contributed by atoms with E-state index in [-0.39, 0.29) is 17.4 Å². The Kier molecular flexibility index (Phi) is 6.55. The monoisotopic (exact) mass is 507 g/mol. The second-order valence-corrected chi connectivity index (χ2v) is 9.44. The minimum Gasteiger partial charge on any atom is -0.455 e. The molecule has 2 N–H and O–H groups in total. The van der Waals surface area contributed by atoms with Crippen LogP contribution >= 0.6 is 0 Å². The molecule has 1 amide bonds. The summed E-state index contributed by atoms with van der Waals surface area (Å²) in [6, 6.07) is 14.7. The van der Waals surface area contributed by atoms with Gasteiger partial charge in [0.15, 0.2) is 5.43 Å². The number of fused-ring (bicyclic) bond motifs is 1. The smallest absolute Gasteiger partial charge is 0.253 e. The summed E-state index contributed by atoms with van der Waals surface area (Å²) in [7, 11) is 3.46. The Hall–Kier alpha value is -4.72. The molecule has 0 saturated heterocycles. The summed E-state index contributed by atoms with van der Waals surface area (Å²) in [5.74, 6) is 0.303. The van der Waals surface area contributed by atoms with Gasteiger partial charge in [0.2, 0.25) is 0 Å². The highest BCUT2D eigenvalue weighted by Gasteiger charge is 2.20. The number of rotatable bonds is 6. The fourth-order valence-corrected chi connectivity index (χ4v) is 4.67. The molecule has 0 saturated carbocycles. The molecule has 1 atom stereocenters. The fourth-order valence-electron chi connectivity index (χ4n) is 4.67. The third-order valence-corrected chi connectivity index (χ3v) is 6.66. The van der Waals surface area contributed by atoms with Crippen LogP contribution < -0.4 is 16.1 Å². The number of amides is 1. The third-order valence-electron chi connectivity index (χ3n) is 6.66. The van der Waals surface area contributed by atoms with Crippen molar-refractivity contribution >= 4 is 22.6 Å². The van der Waals surface area contributed by atoms with Crippen LogP contribution in [0.2, 0.25) is 0 Å². The van der Waals surface area contributed by atoms with Gasteiger partial charge in [-0.1, -0.05) is 18.2 Å². The Labute approximate surface area is 220 Å². The lowest BCUT2D eigenvalue weighted by Gasteiger charge is -2.20. The number of nitrogens with zero attached hydrogens (tertiary/aromatic N) is 3. The maximum absolute atomic E-state index is 13.5. The van der Waals surface area contributed by atoms with Gasteiger partial charge in [0.05, 0.1) is 28.9 Å². The molecule has 3 aromatic heterocycles. The van der Waals surface area contributed by atoms with E-state index in [0.717, 1.165) is 22.4 Å². The number of carbonyl (C=O) groups is 1. The minimum absolute atomic E-state index is 0.0829. The highest BCUT2D eigenvalue weighted by atomic mass is 16.3. The van der Waals surface area contributed by atoms with Crippen molar-refractivity contribution in [3.05, 3.63) is 99.6 Å². The number of nitrogens with one attached hydrogen (secondary N) is 2. The topological polar surface area (TPSA) is 102 Å². The molecule has 3 heterocycles. The van der Waals surface area contributed by atoms with Gasteiger partial charge < -0.3 is 15.1 Å². The summed E-state index contributed by atoms with van der Waals surface area (Å²) >= 11 is 0. The summed E-state index contributed by atoms with van der Waals surface area (Å²) in [6.45, 7) is 5.72. The predicted molar refractivity (Wildman–Crippen MR) is 149 cm³/mol. The zero-order valence-electron chi connectivity index (χ0n) is 22.0. The quantitative estimate of drug-likeness (QED) is 0.319. The lowest BCUT2D eigenvalue weighted by molar-refractivity contribution is 0.0964. The van der Waals surface area contributed by atoms with Gasteiger partial charge in [0.1, 0.15) is 11.3 Å². The van der Waals surface area contributed by atoms with Crippen molar-refractivity contribution < 1.29 is 9.21 Å². The van der Waals surface area contributed by atoms with E-state index in [0.29, 0.717) is 39.1 Å². The summed E-state index contributed by atoms with van der Waals surface area (Å²) in [6.07, 6.45) is 5.37. The summed E-state index contributed by atoms with van der Waals surface area (Å²) in [5, 5.41) is 10.8. The van der Waals surface area contributed by atoms with Gasteiger partial charge in [-0.05, 0) is 56.7 Å². The number of carbonyl (C=O) groups excluding carboxylic acids is 1. The maximum atomic E-state index is 13.5. The Morgan fingerprint density at radius 1 is 1.05 bits per heavy atom. The van der Waals surface area contributed by atoms with Gasteiger partial charge in [-0.2, -0.15) is 5.10 Å². The van der Waals surface area contributed by atoms with Crippen molar-refractivity contribution in [2.24, 2.45) is 7.05 Å². The van der Waals surface area contributed by atoms with Crippen molar-refractivity contribution in [2.45, 2.75) is 26.8 Å². The number of hydrogen-bond donors (Lipinski definition) is 2. The Morgan fingerprint density at radius 2 is 1.84 bits per heavy atom.